The minimum absolute atomic E-state index is 0.0121. The van der Waals surface area contributed by atoms with Gasteiger partial charge in [0.05, 0.1) is 0 Å². The molecular formula is C12H26N2O. The smallest absolute Gasteiger partial charge is 0.315 e. The van der Waals surface area contributed by atoms with E-state index in [1.165, 1.54) is 19.3 Å². The van der Waals surface area contributed by atoms with Crippen LogP contribution in [0.25, 0.3) is 0 Å². The predicted octanol–water partition coefficient (Wildman–Crippen LogP) is 3.05. The number of urea groups is 1. The van der Waals surface area contributed by atoms with E-state index in [-0.39, 0.29) is 12.1 Å². The lowest BCUT2D eigenvalue weighted by Crippen LogP contribution is -2.45. The molecule has 1 fully saturated rings. The van der Waals surface area contributed by atoms with Crippen LogP contribution in [-0.4, -0.2) is 18.1 Å². The third-order valence-electron chi connectivity index (χ3n) is 2.36. The molecule has 0 radical (unpaired) electrons. The van der Waals surface area contributed by atoms with Gasteiger partial charge >= 0.3 is 6.03 Å². The second-order valence-corrected chi connectivity index (χ2v) is 4.11. The molecule has 0 saturated heterocycles. The van der Waals surface area contributed by atoms with Crippen LogP contribution in [0.5, 0.6) is 0 Å². The van der Waals surface area contributed by atoms with Crippen LogP contribution in [-0.2, 0) is 0 Å². The van der Waals surface area contributed by atoms with Gasteiger partial charge in [-0.1, -0.05) is 33.1 Å². The molecule has 1 aliphatic carbocycles. The summed E-state index contributed by atoms with van der Waals surface area (Å²) in [6.07, 6.45) is 6.13. The van der Waals surface area contributed by atoms with Crippen molar-refractivity contribution < 1.29 is 4.79 Å². The van der Waals surface area contributed by atoms with Crippen molar-refractivity contribution in [2.24, 2.45) is 0 Å². The van der Waals surface area contributed by atoms with Crippen LogP contribution in [0.2, 0.25) is 0 Å². The van der Waals surface area contributed by atoms with Gasteiger partial charge < -0.3 is 10.6 Å². The molecule has 15 heavy (non-hydrogen) atoms. The predicted molar refractivity (Wildman–Crippen MR) is 65.0 cm³/mol. The summed E-state index contributed by atoms with van der Waals surface area (Å²) in [5.41, 5.74) is 0. The van der Waals surface area contributed by atoms with Gasteiger partial charge in [-0.3, -0.25) is 0 Å². The van der Waals surface area contributed by atoms with E-state index in [4.69, 9.17) is 0 Å². The van der Waals surface area contributed by atoms with E-state index in [0.717, 1.165) is 12.8 Å². The summed E-state index contributed by atoms with van der Waals surface area (Å²) in [5, 5.41) is 5.84. The van der Waals surface area contributed by atoms with Crippen molar-refractivity contribution >= 4 is 6.03 Å². The van der Waals surface area contributed by atoms with Crippen LogP contribution in [0.1, 0.15) is 59.8 Å². The molecule has 1 rings (SSSR count). The van der Waals surface area contributed by atoms with Crippen molar-refractivity contribution in [3.63, 3.8) is 0 Å². The maximum absolute atomic E-state index is 11.3. The molecule has 2 N–H and O–H groups in total. The van der Waals surface area contributed by atoms with E-state index in [0.29, 0.717) is 6.04 Å². The van der Waals surface area contributed by atoms with Crippen molar-refractivity contribution in [1.29, 1.82) is 0 Å². The summed E-state index contributed by atoms with van der Waals surface area (Å²) in [4.78, 5) is 11.3. The topological polar surface area (TPSA) is 41.1 Å². The van der Waals surface area contributed by atoms with E-state index in [1.54, 1.807) is 0 Å². The second-order valence-electron chi connectivity index (χ2n) is 4.11. The number of rotatable bonds is 2. The van der Waals surface area contributed by atoms with Crippen molar-refractivity contribution in [2.75, 3.05) is 0 Å². The Bertz CT molecular complexity index is 163. The quantitative estimate of drug-likeness (QED) is 0.729. The lowest BCUT2D eigenvalue weighted by atomic mass is 9.96. The molecule has 3 nitrogen and oxygen atoms in total. The second kappa shape index (κ2) is 8.57. The number of nitrogens with one attached hydrogen (secondary N) is 2. The van der Waals surface area contributed by atoms with E-state index in [1.807, 2.05) is 27.7 Å². The monoisotopic (exact) mass is 214 g/mol. The minimum atomic E-state index is -0.0121. The Morgan fingerprint density at radius 2 is 1.67 bits per heavy atom. The fourth-order valence-electron chi connectivity index (χ4n) is 1.74. The van der Waals surface area contributed by atoms with Gasteiger partial charge in [0.2, 0.25) is 0 Å². The molecule has 0 aromatic heterocycles. The van der Waals surface area contributed by atoms with Crippen molar-refractivity contribution in [3.05, 3.63) is 0 Å². The Balaban J connectivity index is 0.000000921. The zero-order valence-corrected chi connectivity index (χ0v) is 10.6. The first kappa shape index (κ1) is 14.3. The van der Waals surface area contributed by atoms with Gasteiger partial charge in [0, 0.05) is 12.1 Å². The Hall–Kier alpha value is -0.730. The molecule has 1 saturated carbocycles. The molecule has 0 spiro atoms. The number of hydrogen-bond donors (Lipinski definition) is 2. The first-order valence-electron chi connectivity index (χ1n) is 6.25. The number of carbonyl (C=O) groups is 1. The van der Waals surface area contributed by atoms with Crippen LogP contribution in [0.15, 0.2) is 0 Å². The first-order valence-corrected chi connectivity index (χ1v) is 6.25. The van der Waals surface area contributed by atoms with Crippen molar-refractivity contribution in [2.45, 2.75) is 71.9 Å². The molecular weight excluding hydrogens is 188 g/mol. The molecule has 0 atom stereocenters. The fraction of sp³-hybridized carbons (Fsp3) is 0.917. The average molecular weight is 214 g/mol. The standard InChI is InChI=1S/C10H20N2O.C2H6/c1-8(2)11-10(13)12-9-6-4-3-5-7-9;1-2/h8-9H,3-7H2,1-2H3,(H2,11,12,13);1-2H3. The third kappa shape index (κ3) is 7.23. The van der Waals surface area contributed by atoms with Gasteiger partial charge in [0.15, 0.2) is 0 Å². The van der Waals surface area contributed by atoms with Gasteiger partial charge in [0.25, 0.3) is 0 Å². The zero-order valence-electron chi connectivity index (χ0n) is 10.6. The molecule has 0 heterocycles. The Labute approximate surface area is 94.0 Å². The summed E-state index contributed by atoms with van der Waals surface area (Å²) >= 11 is 0. The zero-order chi connectivity index (χ0) is 11.7. The van der Waals surface area contributed by atoms with Crippen LogP contribution in [0.4, 0.5) is 4.79 Å². The molecule has 0 unspecified atom stereocenters. The highest BCUT2D eigenvalue weighted by Crippen LogP contribution is 2.17. The lowest BCUT2D eigenvalue weighted by Gasteiger charge is -2.23. The van der Waals surface area contributed by atoms with Crippen molar-refractivity contribution in [3.8, 4) is 0 Å². The highest BCUT2D eigenvalue weighted by molar-refractivity contribution is 5.74. The van der Waals surface area contributed by atoms with E-state index in [2.05, 4.69) is 10.6 Å². The van der Waals surface area contributed by atoms with Crippen LogP contribution in [0, 0.1) is 0 Å². The van der Waals surface area contributed by atoms with Crippen LogP contribution >= 0.6 is 0 Å². The largest absolute Gasteiger partial charge is 0.336 e. The fourth-order valence-corrected chi connectivity index (χ4v) is 1.74. The Kier molecular flexibility index (Phi) is 8.15. The Morgan fingerprint density at radius 1 is 1.13 bits per heavy atom. The van der Waals surface area contributed by atoms with Gasteiger partial charge in [-0.25, -0.2) is 4.79 Å². The Morgan fingerprint density at radius 3 is 2.13 bits per heavy atom. The van der Waals surface area contributed by atoms with Crippen molar-refractivity contribution in [1.82, 2.24) is 10.6 Å². The van der Waals surface area contributed by atoms with E-state index in [9.17, 15) is 4.79 Å². The molecule has 2 amide bonds. The summed E-state index contributed by atoms with van der Waals surface area (Å²) in [6, 6.07) is 0.623. The average Bonchev–Trinajstić information content (AvgIpc) is 2.21. The highest BCUT2D eigenvalue weighted by Gasteiger charge is 2.15. The molecule has 90 valence electrons. The number of hydrogen-bond acceptors (Lipinski definition) is 1. The minimum Gasteiger partial charge on any atom is -0.336 e. The van der Waals surface area contributed by atoms with Gasteiger partial charge in [0.1, 0.15) is 0 Å². The third-order valence-corrected chi connectivity index (χ3v) is 2.36. The molecule has 3 heteroatoms. The summed E-state index contributed by atoms with van der Waals surface area (Å²) < 4.78 is 0. The highest BCUT2D eigenvalue weighted by atomic mass is 16.2. The maximum atomic E-state index is 11.3. The summed E-state index contributed by atoms with van der Waals surface area (Å²) in [5.74, 6) is 0. The normalized spacial score (nSPS) is 16.6. The van der Waals surface area contributed by atoms with Gasteiger partial charge in [-0.2, -0.15) is 0 Å². The van der Waals surface area contributed by atoms with E-state index < -0.39 is 0 Å². The summed E-state index contributed by atoms with van der Waals surface area (Å²) in [7, 11) is 0. The van der Waals surface area contributed by atoms with Crippen LogP contribution < -0.4 is 10.6 Å². The maximum Gasteiger partial charge on any atom is 0.315 e. The van der Waals surface area contributed by atoms with Gasteiger partial charge in [-0.05, 0) is 26.7 Å². The molecule has 0 aromatic rings. The first-order chi connectivity index (χ1) is 7.18. The molecule has 0 bridgehead atoms. The number of amides is 2. The van der Waals surface area contributed by atoms with Gasteiger partial charge in [-0.15, -0.1) is 0 Å². The summed E-state index contributed by atoms with van der Waals surface area (Å²) in [6.45, 7) is 7.95. The van der Waals surface area contributed by atoms with Crippen LogP contribution in [0.3, 0.4) is 0 Å². The molecule has 1 aliphatic rings. The molecule has 0 aliphatic heterocycles. The lowest BCUT2D eigenvalue weighted by molar-refractivity contribution is 0.230. The van der Waals surface area contributed by atoms with E-state index >= 15 is 0 Å². The number of carbonyl (C=O) groups excluding carboxylic acids is 1. The SMILES string of the molecule is CC.CC(C)NC(=O)NC1CCCCC1. The molecule has 0 aromatic carbocycles.